The number of nitrogens with one attached hydrogen (secondary N) is 2. The van der Waals surface area contributed by atoms with E-state index in [1.54, 1.807) is 12.1 Å². The van der Waals surface area contributed by atoms with Crippen molar-refractivity contribution in [1.29, 1.82) is 0 Å². The lowest BCUT2D eigenvalue weighted by molar-refractivity contribution is 0.102. The van der Waals surface area contributed by atoms with E-state index in [0.29, 0.717) is 5.69 Å². The number of benzene rings is 2. The summed E-state index contributed by atoms with van der Waals surface area (Å²) in [7, 11) is -4.02. The Labute approximate surface area is 159 Å². The number of hydrogen-bond acceptors (Lipinski definition) is 3. The molecule has 1 saturated carbocycles. The van der Waals surface area contributed by atoms with Crippen LogP contribution in [0, 0.1) is 5.82 Å². The Bertz CT molecular complexity index is 938. The average Bonchev–Trinajstić information content (AvgIpc) is 3.14. The highest BCUT2D eigenvalue weighted by molar-refractivity contribution is 7.89. The molecular formula is C20H23FN2O3S. The summed E-state index contributed by atoms with van der Waals surface area (Å²) in [6.45, 7) is 1.97. The molecule has 2 N–H and O–H groups in total. The van der Waals surface area contributed by atoms with Gasteiger partial charge in [-0.15, -0.1) is 0 Å². The predicted octanol–water partition coefficient (Wildman–Crippen LogP) is 3.86. The summed E-state index contributed by atoms with van der Waals surface area (Å²) < 4.78 is 41.9. The van der Waals surface area contributed by atoms with E-state index >= 15 is 0 Å². The van der Waals surface area contributed by atoms with Crippen LogP contribution in [0.25, 0.3) is 0 Å². The van der Waals surface area contributed by atoms with E-state index in [0.717, 1.165) is 49.8 Å². The molecule has 7 heteroatoms. The Morgan fingerprint density at radius 1 is 1.15 bits per heavy atom. The summed E-state index contributed by atoms with van der Waals surface area (Å²) in [5.74, 6) is -1.35. The monoisotopic (exact) mass is 390 g/mol. The molecule has 2 aromatic rings. The maximum absolute atomic E-state index is 14.2. The Hall–Kier alpha value is -2.25. The SMILES string of the molecule is CCc1ccccc1NC(=O)c1ccc(F)c(S(=O)(=O)NC2CCCC2)c1. The van der Waals surface area contributed by atoms with E-state index in [4.69, 9.17) is 0 Å². The van der Waals surface area contributed by atoms with Crippen LogP contribution in [0.3, 0.4) is 0 Å². The second kappa shape index (κ2) is 8.19. The van der Waals surface area contributed by atoms with E-state index in [-0.39, 0.29) is 11.6 Å². The minimum Gasteiger partial charge on any atom is -0.322 e. The summed E-state index contributed by atoms with van der Waals surface area (Å²) in [5, 5.41) is 2.77. The molecule has 0 bridgehead atoms. The van der Waals surface area contributed by atoms with Gasteiger partial charge in [0.2, 0.25) is 10.0 Å². The van der Waals surface area contributed by atoms with Crippen LogP contribution in [0.15, 0.2) is 47.4 Å². The molecule has 1 fully saturated rings. The molecule has 2 aromatic carbocycles. The van der Waals surface area contributed by atoms with Crippen LogP contribution >= 0.6 is 0 Å². The summed E-state index contributed by atoms with van der Waals surface area (Å²) in [6.07, 6.45) is 4.14. The van der Waals surface area contributed by atoms with Crippen molar-refractivity contribution in [2.75, 3.05) is 5.32 Å². The number of rotatable bonds is 6. The molecular weight excluding hydrogens is 367 g/mol. The molecule has 27 heavy (non-hydrogen) atoms. The summed E-state index contributed by atoms with van der Waals surface area (Å²) in [6, 6.07) is 10.6. The summed E-state index contributed by atoms with van der Waals surface area (Å²) in [5.41, 5.74) is 1.71. The molecule has 1 amide bonds. The number of anilines is 1. The fourth-order valence-corrected chi connectivity index (χ4v) is 4.73. The lowest BCUT2D eigenvalue weighted by Crippen LogP contribution is -2.33. The van der Waals surface area contributed by atoms with Crippen LogP contribution in [0.5, 0.6) is 0 Å². The third-order valence-corrected chi connectivity index (χ3v) is 6.34. The third kappa shape index (κ3) is 4.54. The predicted molar refractivity (Wildman–Crippen MR) is 103 cm³/mol. The topological polar surface area (TPSA) is 75.3 Å². The van der Waals surface area contributed by atoms with Crippen LogP contribution in [0.2, 0.25) is 0 Å². The van der Waals surface area contributed by atoms with Crippen molar-refractivity contribution < 1.29 is 17.6 Å². The quantitative estimate of drug-likeness (QED) is 0.786. The molecule has 0 aliphatic heterocycles. The molecule has 0 spiro atoms. The van der Waals surface area contributed by atoms with E-state index < -0.39 is 26.6 Å². The highest BCUT2D eigenvalue weighted by atomic mass is 32.2. The maximum atomic E-state index is 14.2. The number of carbonyl (C=O) groups excluding carboxylic acids is 1. The fraction of sp³-hybridized carbons (Fsp3) is 0.350. The summed E-state index contributed by atoms with van der Waals surface area (Å²) >= 11 is 0. The highest BCUT2D eigenvalue weighted by Crippen LogP contribution is 2.23. The van der Waals surface area contributed by atoms with Gasteiger partial charge in [0, 0.05) is 17.3 Å². The largest absolute Gasteiger partial charge is 0.322 e. The van der Waals surface area contributed by atoms with Gasteiger partial charge in [0.1, 0.15) is 10.7 Å². The molecule has 0 radical (unpaired) electrons. The van der Waals surface area contributed by atoms with Crippen molar-refractivity contribution in [2.24, 2.45) is 0 Å². The van der Waals surface area contributed by atoms with Crippen LogP contribution in [-0.2, 0) is 16.4 Å². The molecule has 3 rings (SSSR count). The average molecular weight is 390 g/mol. The van der Waals surface area contributed by atoms with Gasteiger partial charge in [-0.3, -0.25) is 4.79 Å². The third-order valence-electron chi connectivity index (χ3n) is 4.81. The first-order valence-electron chi connectivity index (χ1n) is 9.12. The molecule has 1 aliphatic carbocycles. The Kier molecular flexibility index (Phi) is 5.92. The van der Waals surface area contributed by atoms with Crippen LogP contribution in [0.1, 0.15) is 48.5 Å². The first kappa shape index (κ1) is 19.5. The Morgan fingerprint density at radius 3 is 2.56 bits per heavy atom. The number of sulfonamides is 1. The zero-order valence-electron chi connectivity index (χ0n) is 15.2. The van der Waals surface area contributed by atoms with Crippen molar-refractivity contribution in [1.82, 2.24) is 4.72 Å². The molecule has 0 aromatic heterocycles. The van der Waals surface area contributed by atoms with Crippen molar-refractivity contribution in [2.45, 2.75) is 50.0 Å². The van der Waals surface area contributed by atoms with E-state index in [9.17, 15) is 17.6 Å². The maximum Gasteiger partial charge on any atom is 0.255 e. The van der Waals surface area contributed by atoms with Gasteiger partial charge in [-0.05, 0) is 49.1 Å². The molecule has 5 nitrogen and oxygen atoms in total. The van der Waals surface area contributed by atoms with Crippen LogP contribution < -0.4 is 10.0 Å². The van der Waals surface area contributed by atoms with E-state index in [1.165, 1.54) is 6.07 Å². The zero-order chi connectivity index (χ0) is 19.4. The molecule has 144 valence electrons. The number of para-hydroxylation sites is 1. The van der Waals surface area contributed by atoms with Gasteiger partial charge in [-0.2, -0.15) is 0 Å². The van der Waals surface area contributed by atoms with Crippen molar-refractivity contribution in [3.63, 3.8) is 0 Å². The second-order valence-corrected chi connectivity index (χ2v) is 8.40. The van der Waals surface area contributed by atoms with Gasteiger partial charge in [0.25, 0.3) is 5.91 Å². The highest BCUT2D eigenvalue weighted by Gasteiger charge is 2.26. The molecule has 0 heterocycles. The van der Waals surface area contributed by atoms with E-state index in [2.05, 4.69) is 10.0 Å². The standard InChI is InChI=1S/C20H23FN2O3S/c1-2-14-7-3-6-10-18(14)22-20(24)15-11-12-17(21)19(13-15)27(25,26)23-16-8-4-5-9-16/h3,6-7,10-13,16,23H,2,4-5,8-9H2,1H3,(H,22,24). The number of hydrogen-bond donors (Lipinski definition) is 2. The zero-order valence-corrected chi connectivity index (χ0v) is 16.0. The minimum atomic E-state index is -4.02. The van der Waals surface area contributed by atoms with Crippen molar-refractivity contribution in [3.8, 4) is 0 Å². The first-order chi connectivity index (χ1) is 12.9. The van der Waals surface area contributed by atoms with Crippen molar-refractivity contribution >= 4 is 21.6 Å². The Balaban J connectivity index is 1.85. The second-order valence-electron chi connectivity index (χ2n) is 6.71. The molecule has 0 unspecified atom stereocenters. The molecule has 0 saturated heterocycles. The van der Waals surface area contributed by atoms with E-state index in [1.807, 2.05) is 19.1 Å². The normalized spacial score (nSPS) is 15.0. The number of carbonyl (C=O) groups is 1. The molecule has 1 aliphatic rings. The van der Waals surface area contributed by atoms with Gasteiger partial charge in [-0.1, -0.05) is 38.0 Å². The van der Waals surface area contributed by atoms with Gasteiger partial charge >= 0.3 is 0 Å². The smallest absolute Gasteiger partial charge is 0.255 e. The lowest BCUT2D eigenvalue weighted by Gasteiger charge is -2.14. The number of amides is 1. The van der Waals surface area contributed by atoms with Gasteiger partial charge in [0.15, 0.2) is 0 Å². The van der Waals surface area contributed by atoms with Gasteiger partial charge < -0.3 is 5.32 Å². The van der Waals surface area contributed by atoms with Gasteiger partial charge in [-0.25, -0.2) is 17.5 Å². The lowest BCUT2D eigenvalue weighted by atomic mass is 10.1. The van der Waals surface area contributed by atoms with Gasteiger partial charge in [0.05, 0.1) is 0 Å². The first-order valence-corrected chi connectivity index (χ1v) is 10.6. The van der Waals surface area contributed by atoms with Crippen molar-refractivity contribution in [3.05, 3.63) is 59.4 Å². The van der Waals surface area contributed by atoms with Crippen LogP contribution in [-0.4, -0.2) is 20.4 Å². The Morgan fingerprint density at radius 2 is 1.85 bits per heavy atom. The molecule has 0 atom stereocenters. The van der Waals surface area contributed by atoms with Crippen LogP contribution in [0.4, 0.5) is 10.1 Å². The fourth-order valence-electron chi connectivity index (χ4n) is 3.32. The number of aryl methyl sites for hydroxylation is 1. The minimum absolute atomic E-state index is 0.0918. The summed E-state index contributed by atoms with van der Waals surface area (Å²) in [4.78, 5) is 12.1. The number of halogens is 1.